The standard InChI is InChI=1S/C26H21N3O3S/c1-32-21-11-9-20(10-12-21)24(30)29-13-14-33-26(29)22-7-2-3-8-23(22)28(25(26)31)17-19-6-4-5-18(15-19)16-27/h2-12,15H,13-14,17H2,1H3/t26-/m1/s1. The van der Waals surface area contributed by atoms with Crippen molar-refractivity contribution in [2.24, 2.45) is 0 Å². The molecule has 3 aromatic rings. The van der Waals surface area contributed by atoms with Crippen LogP contribution in [0.2, 0.25) is 0 Å². The van der Waals surface area contributed by atoms with Crippen LogP contribution in [0.4, 0.5) is 5.69 Å². The van der Waals surface area contributed by atoms with Crippen LogP contribution in [-0.2, 0) is 16.2 Å². The number of nitrogens with zero attached hydrogens (tertiary/aromatic N) is 3. The number of nitriles is 1. The molecule has 0 saturated carbocycles. The predicted octanol–water partition coefficient (Wildman–Crippen LogP) is 4.16. The summed E-state index contributed by atoms with van der Waals surface area (Å²) in [7, 11) is 1.58. The van der Waals surface area contributed by atoms with Gasteiger partial charge in [-0.15, -0.1) is 11.8 Å². The monoisotopic (exact) mass is 455 g/mol. The molecule has 33 heavy (non-hydrogen) atoms. The number of hydrogen-bond acceptors (Lipinski definition) is 5. The summed E-state index contributed by atoms with van der Waals surface area (Å²) >= 11 is 1.50. The van der Waals surface area contributed by atoms with Crippen molar-refractivity contribution < 1.29 is 14.3 Å². The minimum Gasteiger partial charge on any atom is -0.497 e. The maximum atomic E-state index is 14.0. The van der Waals surface area contributed by atoms with E-state index in [0.29, 0.717) is 35.7 Å². The van der Waals surface area contributed by atoms with Gasteiger partial charge in [-0.1, -0.05) is 30.3 Å². The summed E-state index contributed by atoms with van der Waals surface area (Å²) < 4.78 is 5.21. The van der Waals surface area contributed by atoms with Crippen molar-refractivity contribution in [2.75, 3.05) is 24.3 Å². The third-order valence-electron chi connectivity index (χ3n) is 6.08. The van der Waals surface area contributed by atoms with E-state index >= 15 is 0 Å². The molecule has 0 bridgehead atoms. The van der Waals surface area contributed by atoms with Crippen molar-refractivity contribution in [1.29, 1.82) is 5.26 Å². The van der Waals surface area contributed by atoms with E-state index in [4.69, 9.17) is 4.74 Å². The SMILES string of the molecule is COc1ccc(C(=O)N2CCS[C@]23C(=O)N(Cc2cccc(C#N)c2)c2ccccc23)cc1. The van der Waals surface area contributed by atoms with Gasteiger partial charge in [0.05, 0.1) is 31.0 Å². The number of para-hydroxylation sites is 1. The Hall–Kier alpha value is -3.76. The first-order valence-electron chi connectivity index (χ1n) is 10.6. The van der Waals surface area contributed by atoms with Crippen molar-refractivity contribution in [3.05, 3.63) is 95.1 Å². The van der Waals surface area contributed by atoms with Gasteiger partial charge < -0.3 is 14.5 Å². The van der Waals surface area contributed by atoms with E-state index < -0.39 is 4.87 Å². The third kappa shape index (κ3) is 3.35. The Morgan fingerprint density at radius 1 is 1.12 bits per heavy atom. The van der Waals surface area contributed by atoms with Gasteiger partial charge in [0.1, 0.15) is 5.75 Å². The molecular weight excluding hydrogens is 434 g/mol. The fourth-order valence-electron chi connectivity index (χ4n) is 4.54. The van der Waals surface area contributed by atoms with Crippen LogP contribution in [0.15, 0.2) is 72.8 Å². The second-order valence-corrected chi connectivity index (χ2v) is 9.19. The fourth-order valence-corrected chi connectivity index (χ4v) is 6.00. The third-order valence-corrected chi connectivity index (χ3v) is 7.50. The van der Waals surface area contributed by atoms with Crippen LogP contribution in [0.1, 0.15) is 27.0 Å². The van der Waals surface area contributed by atoms with E-state index in [0.717, 1.165) is 16.8 Å². The molecule has 0 aliphatic carbocycles. The Bertz CT molecular complexity index is 1280. The molecule has 1 saturated heterocycles. The van der Waals surface area contributed by atoms with E-state index in [1.54, 1.807) is 53.3 Å². The molecule has 1 atom stereocenters. The number of hydrogen-bond donors (Lipinski definition) is 0. The molecule has 2 aliphatic rings. The minimum atomic E-state index is -1.10. The molecule has 3 aromatic carbocycles. The molecule has 2 amide bonds. The molecule has 164 valence electrons. The summed E-state index contributed by atoms with van der Waals surface area (Å²) in [5.41, 5.74) is 3.56. The van der Waals surface area contributed by atoms with Gasteiger partial charge in [-0.25, -0.2) is 0 Å². The molecule has 0 radical (unpaired) electrons. The van der Waals surface area contributed by atoms with Crippen molar-refractivity contribution >= 4 is 29.3 Å². The molecule has 1 spiro atoms. The summed E-state index contributed by atoms with van der Waals surface area (Å²) in [6.45, 7) is 0.811. The molecule has 6 nitrogen and oxygen atoms in total. The topological polar surface area (TPSA) is 73.6 Å². The van der Waals surface area contributed by atoms with Gasteiger partial charge >= 0.3 is 0 Å². The number of carbonyl (C=O) groups is 2. The van der Waals surface area contributed by atoms with Crippen LogP contribution in [0, 0.1) is 11.3 Å². The normalized spacial score (nSPS) is 19.0. The molecule has 0 aromatic heterocycles. The highest BCUT2D eigenvalue weighted by Crippen LogP contribution is 2.54. The summed E-state index contributed by atoms with van der Waals surface area (Å²) in [6, 6.07) is 24.0. The highest BCUT2D eigenvalue weighted by molar-refractivity contribution is 8.01. The maximum absolute atomic E-state index is 14.0. The Morgan fingerprint density at radius 2 is 1.91 bits per heavy atom. The number of methoxy groups -OCH3 is 1. The lowest BCUT2D eigenvalue weighted by atomic mass is 10.0. The zero-order valence-corrected chi connectivity index (χ0v) is 18.8. The molecule has 0 N–H and O–H groups in total. The number of rotatable bonds is 4. The number of amides is 2. The lowest BCUT2D eigenvalue weighted by molar-refractivity contribution is -0.123. The average Bonchev–Trinajstić information content (AvgIpc) is 3.41. The lowest BCUT2D eigenvalue weighted by Crippen LogP contribution is -2.50. The van der Waals surface area contributed by atoms with Crippen LogP contribution in [0.25, 0.3) is 0 Å². The molecule has 2 heterocycles. The second-order valence-electron chi connectivity index (χ2n) is 7.90. The number of carbonyl (C=O) groups excluding carboxylic acids is 2. The van der Waals surface area contributed by atoms with Gasteiger partial charge in [0.25, 0.3) is 11.8 Å². The van der Waals surface area contributed by atoms with Gasteiger partial charge in [0.15, 0.2) is 4.87 Å². The molecule has 7 heteroatoms. The largest absolute Gasteiger partial charge is 0.497 e. The Kier molecular flexibility index (Phi) is 5.31. The molecule has 2 aliphatic heterocycles. The second kappa shape index (κ2) is 8.30. The number of fused-ring (bicyclic) bond motifs is 2. The summed E-state index contributed by atoms with van der Waals surface area (Å²) in [5.74, 6) is 1.03. The van der Waals surface area contributed by atoms with Gasteiger partial charge in [-0.05, 0) is 48.0 Å². The van der Waals surface area contributed by atoms with Gasteiger partial charge in [0.2, 0.25) is 0 Å². The molecule has 5 rings (SSSR count). The first-order valence-corrected chi connectivity index (χ1v) is 11.6. The maximum Gasteiger partial charge on any atom is 0.268 e. The van der Waals surface area contributed by atoms with Gasteiger partial charge in [-0.2, -0.15) is 5.26 Å². The van der Waals surface area contributed by atoms with Crippen LogP contribution >= 0.6 is 11.8 Å². The summed E-state index contributed by atoms with van der Waals surface area (Å²) in [6.07, 6.45) is 0. The van der Waals surface area contributed by atoms with Gasteiger partial charge in [-0.3, -0.25) is 9.59 Å². The Balaban J connectivity index is 1.54. The van der Waals surface area contributed by atoms with E-state index in [1.807, 2.05) is 36.4 Å². The van der Waals surface area contributed by atoms with E-state index in [9.17, 15) is 14.9 Å². The Morgan fingerprint density at radius 3 is 2.67 bits per heavy atom. The number of anilines is 1. The summed E-state index contributed by atoms with van der Waals surface area (Å²) in [5, 5.41) is 9.25. The number of thioether (sulfide) groups is 1. The zero-order valence-electron chi connectivity index (χ0n) is 18.0. The first-order chi connectivity index (χ1) is 16.1. The smallest absolute Gasteiger partial charge is 0.268 e. The van der Waals surface area contributed by atoms with E-state index in [2.05, 4.69) is 6.07 Å². The van der Waals surface area contributed by atoms with E-state index in [-0.39, 0.29) is 11.8 Å². The van der Waals surface area contributed by atoms with Crippen LogP contribution in [0.3, 0.4) is 0 Å². The lowest BCUT2D eigenvalue weighted by Gasteiger charge is -2.33. The fraction of sp³-hybridized carbons (Fsp3) is 0.192. The van der Waals surface area contributed by atoms with Crippen molar-refractivity contribution in [3.63, 3.8) is 0 Å². The Labute approximate surface area is 196 Å². The first kappa shape index (κ1) is 21.1. The minimum absolute atomic E-state index is 0.129. The molecular formula is C26H21N3O3S. The number of benzene rings is 3. The van der Waals surface area contributed by atoms with Crippen LogP contribution in [0.5, 0.6) is 5.75 Å². The zero-order chi connectivity index (χ0) is 23.0. The number of ether oxygens (including phenoxy) is 1. The van der Waals surface area contributed by atoms with Crippen molar-refractivity contribution in [1.82, 2.24) is 4.90 Å². The van der Waals surface area contributed by atoms with Crippen molar-refractivity contribution in [3.8, 4) is 11.8 Å². The highest BCUT2D eigenvalue weighted by Gasteiger charge is 2.59. The van der Waals surface area contributed by atoms with Gasteiger partial charge in [0, 0.05) is 23.4 Å². The quantitative estimate of drug-likeness (QED) is 0.591. The van der Waals surface area contributed by atoms with Crippen molar-refractivity contribution in [2.45, 2.75) is 11.4 Å². The highest BCUT2D eigenvalue weighted by atomic mass is 32.2. The predicted molar refractivity (Wildman–Crippen MR) is 127 cm³/mol. The van der Waals surface area contributed by atoms with Crippen LogP contribution < -0.4 is 9.64 Å². The van der Waals surface area contributed by atoms with Crippen LogP contribution in [-0.4, -0.2) is 36.1 Å². The van der Waals surface area contributed by atoms with E-state index in [1.165, 1.54) is 11.8 Å². The summed E-state index contributed by atoms with van der Waals surface area (Å²) in [4.78, 5) is 29.9. The molecule has 0 unspecified atom stereocenters. The average molecular weight is 456 g/mol. The molecule has 1 fully saturated rings.